The smallest absolute Gasteiger partial charge is 0.289 e. The molecule has 6 rings (SSSR count). The molecule has 9 nitrogen and oxygen atoms in total. The maximum absolute atomic E-state index is 14.3. The van der Waals surface area contributed by atoms with Crippen molar-refractivity contribution in [2.24, 2.45) is 0 Å². The third-order valence-electron chi connectivity index (χ3n) is 7.90. The van der Waals surface area contributed by atoms with Gasteiger partial charge in [0, 0.05) is 38.3 Å². The predicted molar refractivity (Wildman–Crippen MR) is 137 cm³/mol. The molecule has 2 aromatic carbocycles. The largest absolute Gasteiger partial charge is 0.493 e. The average molecular weight is 516 g/mol. The zero-order valence-corrected chi connectivity index (χ0v) is 21.4. The van der Waals surface area contributed by atoms with E-state index in [9.17, 15) is 14.4 Å². The van der Waals surface area contributed by atoms with Gasteiger partial charge in [0.2, 0.25) is 5.91 Å². The van der Waals surface area contributed by atoms with Crippen LogP contribution in [0, 0.1) is 0 Å². The molecule has 2 atom stereocenters. The van der Waals surface area contributed by atoms with E-state index in [-0.39, 0.29) is 17.7 Å². The Bertz CT molecular complexity index is 1390. The number of nitrogens with zero attached hydrogens (tertiary/aromatic N) is 3. The second kappa shape index (κ2) is 9.55. The van der Waals surface area contributed by atoms with Crippen LogP contribution in [0.5, 0.6) is 11.5 Å². The van der Waals surface area contributed by atoms with E-state index in [0.29, 0.717) is 62.0 Å². The second-order valence-corrected chi connectivity index (χ2v) is 9.76. The highest BCUT2D eigenvalue weighted by Gasteiger charge is 2.48. The maximum atomic E-state index is 14.3. The highest BCUT2D eigenvalue weighted by Crippen LogP contribution is 2.48. The van der Waals surface area contributed by atoms with E-state index in [1.807, 2.05) is 40.1 Å². The predicted octanol–water partition coefficient (Wildman–Crippen LogP) is 3.12. The van der Waals surface area contributed by atoms with Gasteiger partial charge < -0.3 is 28.6 Å². The molecular weight excluding hydrogens is 486 g/mol. The normalized spacial score (nSPS) is 20.4. The molecule has 9 heteroatoms. The van der Waals surface area contributed by atoms with Crippen molar-refractivity contribution in [3.8, 4) is 11.5 Å². The molecule has 0 bridgehead atoms. The lowest BCUT2D eigenvalue weighted by Crippen LogP contribution is -2.55. The van der Waals surface area contributed by atoms with Crippen LogP contribution in [0.15, 0.2) is 59.2 Å². The average Bonchev–Trinajstić information content (AvgIpc) is 3.51. The summed E-state index contributed by atoms with van der Waals surface area (Å²) in [4.78, 5) is 46.0. The molecule has 196 valence electrons. The third-order valence-corrected chi connectivity index (χ3v) is 7.90. The van der Waals surface area contributed by atoms with Crippen molar-refractivity contribution in [1.82, 2.24) is 14.7 Å². The summed E-state index contributed by atoms with van der Waals surface area (Å²) in [7, 11) is 3.18. The van der Waals surface area contributed by atoms with Gasteiger partial charge in [-0.15, -0.1) is 0 Å². The minimum absolute atomic E-state index is 0.0484. The summed E-state index contributed by atoms with van der Waals surface area (Å²) in [6.07, 6.45) is 2.14. The standard InChI is InChI=1S/C29H29N3O6/c1-36-23-16-18-9-10-32-26(21(18)17-24(23)37-2)25(19-6-3-4-7-20(19)27(32)33)29(35)31-13-11-30(12-14-31)28(34)22-8-5-15-38-22/h3-8,15-17,25-26H,9-14H2,1-2H3/t25-,26+/m0/s1. The van der Waals surface area contributed by atoms with Crippen molar-refractivity contribution in [2.75, 3.05) is 46.9 Å². The molecule has 0 unspecified atom stereocenters. The van der Waals surface area contributed by atoms with Gasteiger partial charge in [0.1, 0.15) is 0 Å². The fourth-order valence-electron chi connectivity index (χ4n) is 6.00. The fraction of sp³-hybridized carbons (Fsp3) is 0.345. The monoisotopic (exact) mass is 515 g/mol. The van der Waals surface area contributed by atoms with Gasteiger partial charge in [-0.25, -0.2) is 0 Å². The first-order valence-electron chi connectivity index (χ1n) is 12.8. The zero-order valence-electron chi connectivity index (χ0n) is 21.4. The van der Waals surface area contributed by atoms with E-state index in [1.54, 1.807) is 37.3 Å². The van der Waals surface area contributed by atoms with E-state index < -0.39 is 12.0 Å². The molecule has 0 saturated carbocycles. The van der Waals surface area contributed by atoms with Gasteiger partial charge >= 0.3 is 0 Å². The number of piperazine rings is 1. The molecule has 3 aliphatic heterocycles. The lowest BCUT2D eigenvalue weighted by atomic mass is 9.75. The summed E-state index contributed by atoms with van der Waals surface area (Å²) in [5.41, 5.74) is 3.25. The first kappa shape index (κ1) is 24.1. The van der Waals surface area contributed by atoms with E-state index in [1.165, 1.54) is 6.26 Å². The molecule has 0 radical (unpaired) electrons. The lowest BCUT2D eigenvalue weighted by Gasteiger charge is -2.47. The fourth-order valence-corrected chi connectivity index (χ4v) is 6.00. The Kier molecular flexibility index (Phi) is 6.06. The van der Waals surface area contributed by atoms with Crippen LogP contribution in [0.1, 0.15) is 49.6 Å². The third kappa shape index (κ3) is 3.81. The number of hydrogen-bond donors (Lipinski definition) is 0. The summed E-state index contributed by atoms with van der Waals surface area (Å²) in [6, 6.07) is 14.1. The van der Waals surface area contributed by atoms with Gasteiger partial charge in [0.25, 0.3) is 11.8 Å². The Morgan fingerprint density at radius 1 is 0.868 bits per heavy atom. The maximum Gasteiger partial charge on any atom is 0.289 e. The van der Waals surface area contributed by atoms with Crippen LogP contribution in [-0.4, -0.2) is 79.4 Å². The molecule has 0 aliphatic carbocycles. The minimum Gasteiger partial charge on any atom is -0.493 e. The molecule has 1 saturated heterocycles. The molecule has 0 N–H and O–H groups in total. The van der Waals surface area contributed by atoms with Crippen LogP contribution >= 0.6 is 0 Å². The molecule has 3 aliphatic rings. The Balaban J connectivity index is 1.35. The summed E-state index contributed by atoms with van der Waals surface area (Å²) < 4.78 is 16.4. The summed E-state index contributed by atoms with van der Waals surface area (Å²) in [6.45, 7) is 2.14. The second-order valence-electron chi connectivity index (χ2n) is 9.76. The van der Waals surface area contributed by atoms with Gasteiger partial charge in [-0.3, -0.25) is 14.4 Å². The molecular formula is C29H29N3O6. The molecule has 1 fully saturated rings. The van der Waals surface area contributed by atoms with E-state index >= 15 is 0 Å². The van der Waals surface area contributed by atoms with Crippen LogP contribution in [0.2, 0.25) is 0 Å². The summed E-state index contributed by atoms with van der Waals surface area (Å²) >= 11 is 0. The van der Waals surface area contributed by atoms with Crippen LogP contribution in [0.4, 0.5) is 0 Å². The van der Waals surface area contributed by atoms with Crippen LogP contribution < -0.4 is 9.47 Å². The van der Waals surface area contributed by atoms with Crippen molar-refractivity contribution in [2.45, 2.75) is 18.4 Å². The zero-order chi connectivity index (χ0) is 26.4. The van der Waals surface area contributed by atoms with Crippen LogP contribution in [-0.2, 0) is 11.2 Å². The molecule has 3 amide bonds. The van der Waals surface area contributed by atoms with Crippen molar-refractivity contribution in [3.63, 3.8) is 0 Å². The number of hydrogen-bond acceptors (Lipinski definition) is 6. The van der Waals surface area contributed by atoms with Crippen LogP contribution in [0.25, 0.3) is 0 Å². The topological polar surface area (TPSA) is 92.5 Å². The minimum atomic E-state index is -0.576. The molecule has 0 spiro atoms. The summed E-state index contributed by atoms with van der Waals surface area (Å²) in [5.74, 6) is 0.621. The molecule has 4 heterocycles. The van der Waals surface area contributed by atoms with Crippen molar-refractivity contribution < 1.29 is 28.3 Å². The van der Waals surface area contributed by atoms with E-state index in [4.69, 9.17) is 13.9 Å². The lowest BCUT2D eigenvalue weighted by molar-refractivity contribution is -0.136. The molecule has 1 aromatic heterocycles. The Morgan fingerprint density at radius 3 is 2.29 bits per heavy atom. The molecule has 38 heavy (non-hydrogen) atoms. The number of amides is 3. The number of carbonyl (C=O) groups is 3. The van der Waals surface area contributed by atoms with Gasteiger partial charge in [0.15, 0.2) is 17.3 Å². The number of furan rings is 1. The quantitative estimate of drug-likeness (QED) is 0.530. The van der Waals surface area contributed by atoms with Gasteiger partial charge in [-0.05, 0) is 53.4 Å². The highest BCUT2D eigenvalue weighted by molar-refractivity contribution is 6.01. The van der Waals surface area contributed by atoms with Gasteiger partial charge in [0.05, 0.1) is 32.4 Å². The van der Waals surface area contributed by atoms with Crippen molar-refractivity contribution >= 4 is 17.7 Å². The first-order valence-corrected chi connectivity index (χ1v) is 12.8. The Labute approximate surface area is 220 Å². The van der Waals surface area contributed by atoms with Gasteiger partial charge in [-0.1, -0.05) is 18.2 Å². The number of carbonyl (C=O) groups excluding carboxylic acids is 3. The highest BCUT2D eigenvalue weighted by atomic mass is 16.5. The SMILES string of the molecule is COc1cc2c(cc1OC)[C@@H]1[C@@H](C(=O)N3CCN(C(=O)c4ccco4)CC3)c3ccccc3C(=O)N1CC2. The van der Waals surface area contributed by atoms with Crippen molar-refractivity contribution in [1.29, 1.82) is 0 Å². The number of ether oxygens (including phenoxy) is 2. The number of rotatable bonds is 4. The van der Waals surface area contributed by atoms with Gasteiger partial charge in [-0.2, -0.15) is 0 Å². The Morgan fingerprint density at radius 2 is 1.58 bits per heavy atom. The Hall–Kier alpha value is -4.27. The summed E-state index contributed by atoms with van der Waals surface area (Å²) in [5, 5.41) is 0. The van der Waals surface area contributed by atoms with E-state index in [0.717, 1.165) is 16.7 Å². The van der Waals surface area contributed by atoms with E-state index in [2.05, 4.69) is 0 Å². The first-order chi connectivity index (χ1) is 18.5. The number of methoxy groups -OCH3 is 2. The van der Waals surface area contributed by atoms with Crippen molar-refractivity contribution in [3.05, 3.63) is 82.8 Å². The number of fused-ring (bicyclic) bond motifs is 4. The van der Waals surface area contributed by atoms with Crippen LogP contribution in [0.3, 0.4) is 0 Å². The number of benzene rings is 2. The molecule has 3 aromatic rings.